The molecule has 1 unspecified atom stereocenters. The van der Waals surface area contributed by atoms with Crippen LogP contribution in [0.15, 0.2) is 0 Å². The normalized spacial score (nSPS) is 15.6. The maximum atomic E-state index is 10.0. The quantitative estimate of drug-likeness (QED) is 0.689. The highest BCUT2D eigenvalue weighted by Gasteiger charge is 2.23. The zero-order chi connectivity index (χ0) is 11.5. The summed E-state index contributed by atoms with van der Waals surface area (Å²) < 4.78 is 0. The summed E-state index contributed by atoms with van der Waals surface area (Å²) in [5, 5.41) is 24.8. The Kier molecular flexibility index (Phi) is 3.76. The van der Waals surface area contributed by atoms with E-state index in [0.29, 0.717) is 24.8 Å². The maximum Gasteiger partial charge on any atom is 0.177 e. The molecule has 1 aromatic heterocycles. The molecule has 2 N–H and O–H groups in total. The van der Waals surface area contributed by atoms with Gasteiger partial charge in [0.05, 0.1) is 12.6 Å². The van der Waals surface area contributed by atoms with Crippen LogP contribution in [0, 0.1) is 0 Å². The van der Waals surface area contributed by atoms with Gasteiger partial charge in [0, 0.05) is 19.0 Å². The van der Waals surface area contributed by atoms with Crippen molar-refractivity contribution >= 4 is 0 Å². The van der Waals surface area contributed by atoms with Crippen LogP contribution in [0.5, 0.6) is 0 Å². The molecule has 0 fully saturated rings. The summed E-state index contributed by atoms with van der Waals surface area (Å²) in [4.78, 5) is 1.39. The molecule has 1 atom stereocenters. The molecule has 0 saturated carbocycles. The fourth-order valence-electron chi connectivity index (χ4n) is 1.22. The standard InChI is InChI=1S/C9H19N5O/c1-7(2)10-6-9(3,15)5-8-11-13-14(4)12-8/h7,10,15H,5-6H2,1-4H3. The van der Waals surface area contributed by atoms with Crippen LogP contribution >= 0.6 is 0 Å². The van der Waals surface area contributed by atoms with Crippen molar-refractivity contribution < 1.29 is 5.11 Å². The van der Waals surface area contributed by atoms with Gasteiger partial charge in [-0.2, -0.15) is 4.80 Å². The van der Waals surface area contributed by atoms with Crippen LogP contribution < -0.4 is 5.32 Å². The molecule has 6 nitrogen and oxygen atoms in total. The number of aryl methyl sites for hydroxylation is 1. The number of nitrogens with zero attached hydrogens (tertiary/aromatic N) is 4. The lowest BCUT2D eigenvalue weighted by atomic mass is 10.0. The van der Waals surface area contributed by atoms with E-state index in [0.717, 1.165) is 0 Å². The molecule has 0 radical (unpaired) electrons. The van der Waals surface area contributed by atoms with Crippen molar-refractivity contribution in [1.29, 1.82) is 0 Å². The first-order chi connectivity index (χ1) is 6.89. The molecular formula is C9H19N5O. The van der Waals surface area contributed by atoms with E-state index < -0.39 is 5.60 Å². The van der Waals surface area contributed by atoms with Gasteiger partial charge in [0.25, 0.3) is 0 Å². The van der Waals surface area contributed by atoms with Gasteiger partial charge in [0.1, 0.15) is 0 Å². The second-order valence-corrected chi connectivity index (χ2v) is 4.40. The minimum Gasteiger partial charge on any atom is -0.388 e. The number of rotatable bonds is 5. The Morgan fingerprint density at radius 1 is 1.53 bits per heavy atom. The van der Waals surface area contributed by atoms with Gasteiger partial charge >= 0.3 is 0 Å². The van der Waals surface area contributed by atoms with Crippen LogP contribution in [0.1, 0.15) is 26.6 Å². The molecule has 0 spiro atoms. The second-order valence-electron chi connectivity index (χ2n) is 4.40. The molecule has 6 heteroatoms. The molecule has 0 aliphatic rings. The Bertz CT molecular complexity index is 307. The number of tetrazole rings is 1. The Labute approximate surface area is 89.7 Å². The van der Waals surface area contributed by atoms with Crippen LogP contribution in [-0.4, -0.2) is 43.5 Å². The van der Waals surface area contributed by atoms with Crippen molar-refractivity contribution in [2.45, 2.75) is 38.8 Å². The first-order valence-corrected chi connectivity index (χ1v) is 5.08. The van der Waals surface area contributed by atoms with E-state index in [-0.39, 0.29) is 0 Å². The highest BCUT2D eigenvalue weighted by Crippen LogP contribution is 2.08. The van der Waals surface area contributed by atoms with E-state index in [1.807, 2.05) is 13.8 Å². The van der Waals surface area contributed by atoms with Crippen molar-refractivity contribution in [2.75, 3.05) is 6.54 Å². The number of nitrogens with one attached hydrogen (secondary N) is 1. The molecule has 0 bridgehead atoms. The van der Waals surface area contributed by atoms with Gasteiger partial charge in [0.2, 0.25) is 0 Å². The largest absolute Gasteiger partial charge is 0.388 e. The SMILES string of the molecule is CC(C)NCC(C)(O)Cc1nnn(C)n1. The monoisotopic (exact) mass is 213 g/mol. The van der Waals surface area contributed by atoms with Crippen LogP contribution in [0.3, 0.4) is 0 Å². The van der Waals surface area contributed by atoms with Crippen LogP contribution in [0.25, 0.3) is 0 Å². The van der Waals surface area contributed by atoms with Crippen molar-refractivity contribution in [2.24, 2.45) is 7.05 Å². The lowest BCUT2D eigenvalue weighted by molar-refractivity contribution is 0.0561. The van der Waals surface area contributed by atoms with E-state index >= 15 is 0 Å². The van der Waals surface area contributed by atoms with Gasteiger partial charge < -0.3 is 10.4 Å². The van der Waals surface area contributed by atoms with Crippen molar-refractivity contribution in [3.05, 3.63) is 5.82 Å². The van der Waals surface area contributed by atoms with Gasteiger partial charge in [-0.3, -0.25) is 0 Å². The summed E-state index contributed by atoms with van der Waals surface area (Å²) in [5.41, 5.74) is -0.840. The number of aliphatic hydroxyl groups is 1. The summed E-state index contributed by atoms with van der Waals surface area (Å²) in [7, 11) is 1.71. The third-order valence-corrected chi connectivity index (χ3v) is 1.98. The molecule has 0 saturated heterocycles. The summed E-state index contributed by atoms with van der Waals surface area (Å²) in [6, 6.07) is 0.353. The first kappa shape index (κ1) is 12.1. The number of hydrogen-bond donors (Lipinski definition) is 2. The molecule has 1 heterocycles. The van der Waals surface area contributed by atoms with E-state index in [2.05, 4.69) is 20.7 Å². The summed E-state index contributed by atoms with van der Waals surface area (Å²) in [6.07, 6.45) is 0.403. The maximum absolute atomic E-state index is 10.0. The smallest absolute Gasteiger partial charge is 0.177 e. The molecule has 0 aliphatic carbocycles. The van der Waals surface area contributed by atoms with Crippen molar-refractivity contribution in [3.63, 3.8) is 0 Å². The summed E-state index contributed by atoms with van der Waals surface area (Å²) in [5.74, 6) is 0.563. The number of aromatic nitrogens is 4. The first-order valence-electron chi connectivity index (χ1n) is 5.08. The van der Waals surface area contributed by atoms with Crippen molar-refractivity contribution in [3.8, 4) is 0 Å². The lowest BCUT2D eigenvalue weighted by Crippen LogP contribution is -2.42. The van der Waals surface area contributed by atoms with E-state index in [1.54, 1.807) is 14.0 Å². The number of hydrogen-bond acceptors (Lipinski definition) is 5. The predicted molar refractivity (Wildman–Crippen MR) is 56.3 cm³/mol. The molecule has 86 valence electrons. The van der Waals surface area contributed by atoms with Gasteiger partial charge in [-0.25, -0.2) is 0 Å². The minimum absolute atomic E-state index is 0.353. The van der Waals surface area contributed by atoms with Gasteiger partial charge in [-0.15, -0.1) is 10.2 Å². The third kappa shape index (κ3) is 4.35. The third-order valence-electron chi connectivity index (χ3n) is 1.98. The molecule has 0 aromatic carbocycles. The second kappa shape index (κ2) is 4.67. The van der Waals surface area contributed by atoms with Crippen LogP contribution in [0.4, 0.5) is 0 Å². The van der Waals surface area contributed by atoms with E-state index in [9.17, 15) is 5.11 Å². The summed E-state index contributed by atoms with van der Waals surface area (Å²) in [6.45, 7) is 6.36. The Balaban J connectivity index is 2.48. The molecule has 0 amide bonds. The fraction of sp³-hybridized carbons (Fsp3) is 0.889. The highest BCUT2D eigenvalue weighted by molar-refractivity contribution is 4.89. The molecular weight excluding hydrogens is 194 g/mol. The van der Waals surface area contributed by atoms with E-state index in [4.69, 9.17) is 0 Å². The lowest BCUT2D eigenvalue weighted by Gasteiger charge is -2.23. The van der Waals surface area contributed by atoms with Crippen LogP contribution in [0.2, 0.25) is 0 Å². The Morgan fingerprint density at radius 3 is 2.67 bits per heavy atom. The zero-order valence-electron chi connectivity index (χ0n) is 9.73. The van der Waals surface area contributed by atoms with Crippen molar-refractivity contribution in [1.82, 2.24) is 25.5 Å². The average molecular weight is 213 g/mol. The Hall–Kier alpha value is -1.01. The van der Waals surface area contributed by atoms with Gasteiger partial charge in [-0.1, -0.05) is 13.8 Å². The molecule has 15 heavy (non-hydrogen) atoms. The zero-order valence-corrected chi connectivity index (χ0v) is 9.73. The van der Waals surface area contributed by atoms with E-state index in [1.165, 1.54) is 4.80 Å². The average Bonchev–Trinajstić information content (AvgIpc) is 2.47. The molecule has 1 aromatic rings. The summed E-state index contributed by atoms with van der Waals surface area (Å²) >= 11 is 0. The fourth-order valence-corrected chi connectivity index (χ4v) is 1.22. The molecule has 0 aliphatic heterocycles. The highest BCUT2D eigenvalue weighted by atomic mass is 16.3. The van der Waals surface area contributed by atoms with Gasteiger partial charge in [-0.05, 0) is 12.1 Å². The van der Waals surface area contributed by atoms with Crippen LogP contribution in [-0.2, 0) is 13.5 Å². The van der Waals surface area contributed by atoms with Gasteiger partial charge in [0.15, 0.2) is 5.82 Å². The predicted octanol–water partition coefficient (Wildman–Crippen LogP) is -0.498. The Morgan fingerprint density at radius 2 is 2.20 bits per heavy atom. The topological polar surface area (TPSA) is 75.9 Å². The minimum atomic E-state index is -0.840. The molecule has 1 rings (SSSR count).